The van der Waals surface area contributed by atoms with E-state index in [-0.39, 0.29) is 5.92 Å². The molecule has 116 valence electrons. The SMILES string of the molecule is O=C(O)C1CN(c2ncnc3sccc23)CC1c1ccccn1. The van der Waals surface area contributed by atoms with Gasteiger partial charge in [0, 0.05) is 30.9 Å². The zero-order chi connectivity index (χ0) is 15.8. The van der Waals surface area contributed by atoms with E-state index in [1.807, 2.05) is 34.5 Å². The zero-order valence-corrected chi connectivity index (χ0v) is 13.0. The van der Waals surface area contributed by atoms with Gasteiger partial charge < -0.3 is 10.0 Å². The number of carboxylic acids is 1. The van der Waals surface area contributed by atoms with Crippen molar-refractivity contribution in [1.29, 1.82) is 0 Å². The molecule has 7 heteroatoms. The maximum Gasteiger partial charge on any atom is 0.309 e. The monoisotopic (exact) mass is 326 g/mol. The summed E-state index contributed by atoms with van der Waals surface area (Å²) in [6, 6.07) is 7.61. The Morgan fingerprint density at radius 2 is 2.13 bits per heavy atom. The highest BCUT2D eigenvalue weighted by Crippen LogP contribution is 2.36. The lowest BCUT2D eigenvalue weighted by Crippen LogP contribution is -2.24. The number of aliphatic carboxylic acids is 1. The Morgan fingerprint density at radius 1 is 1.22 bits per heavy atom. The molecule has 0 aromatic carbocycles. The van der Waals surface area contributed by atoms with E-state index in [0.29, 0.717) is 13.1 Å². The number of hydrogen-bond acceptors (Lipinski definition) is 6. The summed E-state index contributed by atoms with van der Waals surface area (Å²) in [4.78, 5) is 27.6. The molecule has 0 bridgehead atoms. The van der Waals surface area contributed by atoms with Crippen LogP contribution in [0.4, 0.5) is 5.82 Å². The van der Waals surface area contributed by atoms with Crippen molar-refractivity contribution in [1.82, 2.24) is 15.0 Å². The number of rotatable bonds is 3. The molecule has 2 unspecified atom stereocenters. The predicted molar refractivity (Wildman–Crippen MR) is 87.7 cm³/mol. The van der Waals surface area contributed by atoms with Gasteiger partial charge in [0.05, 0.1) is 11.3 Å². The Bertz CT molecular complexity index is 851. The highest BCUT2D eigenvalue weighted by atomic mass is 32.1. The lowest BCUT2D eigenvalue weighted by atomic mass is 9.93. The molecule has 1 aliphatic heterocycles. The second-order valence-electron chi connectivity index (χ2n) is 5.55. The number of fused-ring (bicyclic) bond motifs is 1. The zero-order valence-electron chi connectivity index (χ0n) is 12.2. The van der Waals surface area contributed by atoms with Crippen LogP contribution in [0.2, 0.25) is 0 Å². The average Bonchev–Trinajstić information content (AvgIpc) is 3.22. The largest absolute Gasteiger partial charge is 0.481 e. The van der Waals surface area contributed by atoms with Crippen molar-refractivity contribution in [2.75, 3.05) is 18.0 Å². The molecule has 0 spiro atoms. The molecule has 3 aromatic heterocycles. The van der Waals surface area contributed by atoms with Crippen LogP contribution < -0.4 is 4.90 Å². The summed E-state index contributed by atoms with van der Waals surface area (Å²) in [6.07, 6.45) is 3.25. The molecule has 0 amide bonds. The van der Waals surface area contributed by atoms with Crippen molar-refractivity contribution in [2.24, 2.45) is 5.92 Å². The van der Waals surface area contributed by atoms with Gasteiger partial charge in [-0.25, -0.2) is 9.97 Å². The third-order valence-electron chi connectivity index (χ3n) is 4.24. The first kappa shape index (κ1) is 14.1. The number of hydrogen-bond donors (Lipinski definition) is 1. The molecule has 0 radical (unpaired) electrons. The minimum absolute atomic E-state index is 0.141. The fourth-order valence-corrected chi connectivity index (χ4v) is 3.88. The number of nitrogens with zero attached hydrogens (tertiary/aromatic N) is 4. The first-order valence-electron chi connectivity index (χ1n) is 7.31. The van der Waals surface area contributed by atoms with E-state index >= 15 is 0 Å². The normalized spacial score (nSPS) is 21.0. The van der Waals surface area contributed by atoms with Gasteiger partial charge in [-0.1, -0.05) is 6.07 Å². The minimum atomic E-state index is -0.793. The van der Waals surface area contributed by atoms with Crippen LogP contribution in [0.5, 0.6) is 0 Å². The van der Waals surface area contributed by atoms with E-state index in [2.05, 4.69) is 15.0 Å². The van der Waals surface area contributed by atoms with E-state index in [0.717, 1.165) is 21.7 Å². The molecule has 1 fully saturated rings. The lowest BCUT2D eigenvalue weighted by Gasteiger charge is -2.17. The Kier molecular flexibility index (Phi) is 3.42. The summed E-state index contributed by atoms with van der Waals surface area (Å²) < 4.78 is 0. The van der Waals surface area contributed by atoms with Crippen LogP contribution >= 0.6 is 11.3 Å². The van der Waals surface area contributed by atoms with Crippen LogP contribution in [0.3, 0.4) is 0 Å². The van der Waals surface area contributed by atoms with E-state index < -0.39 is 11.9 Å². The molecule has 0 aliphatic carbocycles. The van der Waals surface area contributed by atoms with Crippen LogP contribution in [-0.4, -0.2) is 39.1 Å². The molecule has 2 atom stereocenters. The van der Waals surface area contributed by atoms with Crippen molar-refractivity contribution in [3.63, 3.8) is 0 Å². The summed E-state index contributed by atoms with van der Waals surface area (Å²) in [6.45, 7) is 1.02. The molecule has 23 heavy (non-hydrogen) atoms. The first-order chi connectivity index (χ1) is 11.2. The van der Waals surface area contributed by atoms with Gasteiger partial charge in [0.15, 0.2) is 0 Å². The molecule has 6 nitrogen and oxygen atoms in total. The van der Waals surface area contributed by atoms with Gasteiger partial charge in [-0.3, -0.25) is 9.78 Å². The number of thiophene rings is 1. The second-order valence-corrected chi connectivity index (χ2v) is 6.44. The minimum Gasteiger partial charge on any atom is -0.481 e. The van der Waals surface area contributed by atoms with Gasteiger partial charge >= 0.3 is 5.97 Å². The average molecular weight is 326 g/mol. The Morgan fingerprint density at radius 3 is 2.91 bits per heavy atom. The summed E-state index contributed by atoms with van der Waals surface area (Å²) in [7, 11) is 0. The summed E-state index contributed by atoms with van der Waals surface area (Å²) in [5.41, 5.74) is 0.818. The standard InChI is InChI=1S/C16H14N4O2S/c21-16(22)12-8-20(7-11(12)13-3-1-2-5-17-13)14-10-4-6-23-15(10)19-9-18-14/h1-6,9,11-12H,7-8H2,(H,21,22). The maximum atomic E-state index is 11.7. The van der Waals surface area contributed by atoms with Crippen LogP contribution in [0.1, 0.15) is 11.6 Å². The quantitative estimate of drug-likeness (QED) is 0.796. The Labute approximate surface area is 136 Å². The molecule has 4 rings (SSSR count). The van der Waals surface area contributed by atoms with Crippen molar-refractivity contribution in [3.05, 3.63) is 47.9 Å². The highest BCUT2D eigenvalue weighted by Gasteiger charge is 2.40. The second kappa shape index (κ2) is 5.58. The van der Waals surface area contributed by atoms with E-state index in [1.165, 1.54) is 6.33 Å². The molecule has 1 N–H and O–H groups in total. The van der Waals surface area contributed by atoms with Crippen molar-refractivity contribution in [2.45, 2.75) is 5.92 Å². The molecular formula is C16H14N4O2S. The van der Waals surface area contributed by atoms with Gasteiger partial charge in [0.1, 0.15) is 17.0 Å². The molecule has 0 saturated carbocycles. The fourth-order valence-electron chi connectivity index (χ4n) is 3.15. The van der Waals surface area contributed by atoms with E-state index in [9.17, 15) is 9.90 Å². The number of pyridine rings is 1. The number of aromatic nitrogens is 3. The number of carbonyl (C=O) groups is 1. The van der Waals surface area contributed by atoms with E-state index in [1.54, 1.807) is 17.5 Å². The molecule has 4 heterocycles. The van der Waals surface area contributed by atoms with Crippen LogP contribution in [0.15, 0.2) is 42.2 Å². The van der Waals surface area contributed by atoms with Crippen molar-refractivity contribution in [3.8, 4) is 0 Å². The van der Waals surface area contributed by atoms with Crippen molar-refractivity contribution < 1.29 is 9.90 Å². The number of carboxylic acid groups (broad SMARTS) is 1. The first-order valence-corrected chi connectivity index (χ1v) is 8.19. The lowest BCUT2D eigenvalue weighted by molar-refractivity contribution is -0.141. The van der Waals surface area contributed by atoms with Crippen LogP contribution in [0, 0.1) is 5.92 Å². The molecule has 1 aliphatic rings. The summed E-state index contributed by atoms with van der Waals surface area (Å²) in [5.74, 6) is -0.620. The Hall–Kier alpha value is -2.54. The molecule has 1 saturated heterocycles. The smallest absolute Gasteiger partial charge is 0.309 e. The summed E-state index contributed by atoms with van der Waals surface area (Å²) >= 11 is 1.56. The van der Waals surface area contributed by atoms with Gasteiger partial charge in [-0.05, 0) is 23.6 Å². The third-order valence-corrected chi connectivity index (χ3v) is 5.07. The van der Waals surface area contributed by atoms with Gasteiger partial charge in [0.25, 0.3) is 0 Å². The van der Waals surface area contributed by atoms with Gasteiger partial charge in [-0.15, -0.1) is 11.3 Å². The number of anilines is 1. The summed E-state index contributed by atoms with van der Waals surface area (Å²) in [5, 5.41) is 12.5. The third kappa shape index (κ3) is 2.43. The molecule has 3 aromatic rings. The maximum absolute atomic E-state index is 11.7. The van der Waals surface area contributed by atoms with E-state index in [4.69, 9.17) is 0 Å². The topological polar surface area (TPSA) is 79.2 Å². The van der Waals surface area contributed by atoms with Gasteiger partial charge in [0.2, 0.25) is 0 Å². The fraction of sp³-hybridized carbons (Fsp3) is 0.250. The van der Waals surface area contributed by atoms with Crippen LogP contribution in [0.25, 0.3) is 10.2 Å². The van der Waals surface area contributed by atoms with Crippen LogP contribution in [-0.2, 0) is 4.79 Å². The van der Waals surface area contributed by atoms with Gasteiger partial charge in [-0.2, -0.15) is 0 Å². The molecular weight excluding hydrogens is 312 g/mol. The predicted octanol–water partition coefficient (Wildman–Crippen LogP) is 2.39. The van der Waals surface area contributed by atoms with Crippen molar-refractivity contribution >= 4 is 33.3 Å². The Balaban J connectivity index is 1.72. The highest BCUT2D eigenvalue weighted by molar-refractivity contribution is 7.16.